The number of rotatable bonds is 4. The van der Waals surface area contributed by atoms with E-state index in [0.717, 1.165) is 30.4 Å². The van der Waals surface area contributed by atoms with Gasteiger partial charge in [-0.05, 0) is 55.2 Å². The second-order valence-electron chi connectivity index (χ2n) is 6.19. The summed E-state index contributed by atoms with van der Waals surface area (Å²) in [6.07, 6.45) is 2.51. The van der Waals surface area contributed by atoms with Gasteiger partial charge in [0.25, 0.3) is 0 Å². The maximum atomic E-state index is 13.1. The molecule has 0 saturated heterocycles. The van der Waals surface area contributed by atoms with Crippen molar-refractivity contribution < 1.29 is 13.6 Å². The molecule has 0 spiro atoms. The number of benzene rings is 2. The summed E-state index contributed by atoms with van der Waals surface area (Å²) in [5.41, 5.74) is 1.14. The monoisotopic (exact) mass is 315 g/mol. The van der Waals surface area contributed by atoms with Crippen molar-refractivity contribution in [2.45, 2.75) is 37.6 Å². The highest BCUT2D eigenvalue weighted by Gasteiger charge is 2.45. The number of hydrogen-bond donors (Lipinski definition) is 1. The Morgan fingerprint density at radius 1 is 1.00 bits per heavy atom. The van der Waals surface area contributed by atoms with Crippen molar-refractivity contribution in [2.75, 3.05) is 0 Å². The quantitative estimate of drug-likeness (QED) is 0.897. The number of carbonyl (C=O) groups is 1. The summed E-state index contributed by atoms with van der Waals surface area (Å²) in [5, 5.41) is 3.02. The standard InChI is InChI=1S/C19H19F2NO/c1-13(14-3-7-16(20)8-4-14)22-18(23)19(11-2-12-19)15-5-9-17(21)10-6-15/h3-10,13H,2,11-12H2,1H3,(H,22,23). The minimum atomic E-state index is -0.567. The lowest BCUT2D eigenvalue weighted by molar-refractivity contribution is -0.130. The Kier molecular flexibility index (Phi) is 4.16. The van der Waals surface area contributed by atoms with Crippen LogP contribution in [0.25, 0.3) is 0 Å². The topological polar surface area (TPSA) is 29.1 Å². The molecule has 0 heterocycles. The van der Waals surface area contributed by atoms with E-state index >= 15 is 0 Å². The van der Waals surface area contributed by atoms with Gasteiger partial charge in [-0.15, -0.1) is 0 Å². The molecule has 1 saturated carbocycles. The third-order valence-electron chi connectivity index (χ3n) is 4.76. The van der Waals surface area contributed by atoms with Crippen LogP contribution in [0.15, 0.2) is 48.5 Å². The summed E-state index contributed by atoms with van der Waals surface area (Å²) < 4.78 is 26.1. The number of hydrogen-bond acceptors (Lipinski definition) is 1. The van der Waals surface area contributed by atoms with E-state index < -0.39 is 5.41 Å². The molecule has 0 aromatic heterocycles. The second-order valence-corrected chi connectivity index (χ2v) is 6.19. The van der Waals surface area contributed by atoms with Gasteiger partial charge in [0, 0.05) is 0 Å². The van der Waals surface area contributed by atoms with Crippen LogP contribution in [-0.4, -0.2) is 5.91 Å². The van der Waals surface area contributed by atoms with Crippen LogP contribution in [0.4, 0.5) is 8.78 Å². The van der Waals surface area contributed by atoms with Crippen LogP contribution in [0.2, 0.25) is 0 Å². The van der Waals surface area contributed by atoms with E-state index in [1.807, 2.05) is 6.92 Å². The summed E-state index contributed by atoms with van der Waals surface area (Å²) in [7, 11) is 0. The van der Waals surface area contributed by atoms with E-state index in [0.29, 0.717) is 0 Å². The van der Waals surface area contributed by atoms with E-state index in [1.54, 1.807) is 24.3 Å². The third kappa shape index (κ3) is 2.98. The van der Waals surface area contributed by atoms with Crippen LogP contribution < -0.4 is 5.32 Å². The first-order chi connectivity index (χ1) is 11.0. The molecule has 120 valence electrons. The lowest BCUT2D eigenvalue weighted by Gasteiger charge is -2.41. The Bertz CT molecular complexity index is 690. The highest BCUT2D eigenvalue weighted by molar-refractivity contribution is 5.89. The molecular weight excluding hydrogens is 296 g/mol. The molecule has 1 fully saturated rings. The van der Waals surface area contributed by atoms with Gasteiger partial charge in [-0.25, -0.2) is 8.78 Å². The van der Waals surface area contributed by atoms with Crippen molar-refractivity contribution in [3.63, 3.8) is 0 Å². The lowest BCUT2D eigenvalue weighted by atomic mass is 9.63. The van der Waals surface area contributed by atoms with Gasteiger partial charge in [-0.2, -0.15) is 0 Å². The highest BCUT2D eigenvalue weighted by Crippen LogP contribution is 2.44. The van der Waals surface area contributed by atoms with Gasteiger partial charge >= 0.3 is 0 Å². The van der Waals surface area contributed by atoms with E-state index in [1.165, 1.54) is 24.3 Å². The van der Waals surface area contributed by atoms with E-state index in [4.69, 9.17) is 0 Å². The fourth-order valence-electron chi connectivity index (χ4n) is 3.12. The molecule has 0 bridgehead atoms. The predicted octanol–water partition coefficient (Wildman–Crippen LogP) is 4.26. The molecule has 2 aromatic carbocycles. The van der Waals surface area contributed by atoms with Crippen LogP contribution in [0.5, 0.6) is 0 Å². The smallest absolute Gasteiger partial charge is 0.231 e. The molecule has 2 aromatic rings. The van der Waals surface area contributed by atoms with Gasteiger partial charge < -0.3 is 5.32 Å². The van der Waals surface area contributed by atoms with Crippen molar-refractivity contribution in [1.29, 1.82) is 0 Å². The fourth-order valence-corrected chi connectivity index (χ4v) is 3.12. The zero-order valence-corrected chi connectivity index (χ0v) is 13.0. The molecule has 1 aliphatic rings. The van der Waals surface area contributed by atoms with Gasteiger partial charge in [-0.3, -0.25) is 4.79 Å². The first-order valence-electron chi connectivity index (χ1n) is 7.84. The Morgan fingerprint density at radius 2 is 1.52 bits per heavy atom. The average Bonchev–Trinajstić information content (AvgIpc) is 2.48. The van der Waals surface area contributed by atoms with Crippen LogP contribution in [0.1, 0.15) is 43.4 Å². The minimum Gasteiger partial charge on any atom is -0.349 e. The van der Waals surface area contributed by atoms with Crippen molar-refractivity contribution in [2.24, 2.45) is 0 Å². The fraction of sp³-hybridized carbons (Fsp3) is 0.316. The van der Waals surface area contributed by atoms with Gasteiger partial charge in [0.1, 0.15) is 11.6 Å². The first kappa shape index (κ1) is 15.7. The molecule has 1 atom stereocenters. The maximum absolute atomic E-state index is 13.1. The summed E-state index contributed by atoms with van der Waals surface area (Å²) in [4.78, 5) is 12.8. The number of amides is 1. The number of carbonyl (C=O) groups excluding carboxylic acids is 1. The number of nitrogens with one attached hydrogen (secondary N) is 1. The third-order valence-corrected chi connectivity index (χ3v) is 4.76. The van der Waals surface area contributed by atoms with Crippen LogP contribution in [-0.2, 0) is 10.2 Å². The Labute approximate surface area is 134 Å². The van der Waals surface area contributed by atoms with Crippen LogP contribution in [0, 0.1) is 11.6 Å². The van der Waals surface area contributed by atoms with Crippen LogP contribution in [0.3, 0.4) is 0 Å². The minimum absolute atomic E-state index is 0.0489. The molecule has 1 aliphatic carbocycles. The van der Waals surface area contributed by atoms with Gasteiger partial charge in [0.05, 0.1) is 11.5 Å². The molecule has 0 radical (unpaired) electrons. The normalized spacial score (nSPS) is 17.2. The van der Waals surface area contributed by atoms with Crippen molar-refractivity contribution in [3.05, 3.63) is 71.3 Å². The number of halogens is 2. The highest BCUT2D eigenvalue weighted by atomic mass is 19.1. The predicted molar refractivity (Wildman–Crippen MR) is 84.9 cm³/mol. The molecule has 1 N–H and O–H groups in total. The lowest BCUT2D eigenvalue weighted by Crippen LogP contribution is -2.49. The average molecular weight is 315 g/mol. The molecule has 1 unspecified atom stereocenters. The summed E-state index contributed by atoms with van der Waals surface area (Å²) >= 11 is 0. The molecule has 2 nitrogen and oxygen atoms in total. The van der Waals surface area contributed by atoms with Gasteiger partial charge in [-0.1, -0.05) is 30.7 Å². The Balaban J connectivity index is 1.78. The Morgan fingerprint density at radius 3 is 2.00 bits per heavy atom. The Hall–Kier alpha value is -2.23. The summed E-state index contributed by atoms with van der Waals surface area (Å²) in [5.74, 6) is -0.649. The van der Waals surface area contributed by atoms with Crippen molar-refractivity contribution in [1.82, 2.24) is 5.32 Å². The van der Waals surface area contributed by atoms with Crippen molar-refractivity contribution >= 4 is 5.91 Å². The van der Waals surface area contributed by atoms with Crippen molar-refractivity contribution in [3.8, 4) is 0 Å². The van der Waals surface area contributed by atoms with E-state index in [9.17, 15) is 13.6 Å². The summed E-state index contributed by atoms with van der Waals surface area (Å²) in [6.45, 7) is 1.88. The summed E-state index contributed by atoms with van der Waals surface area (Å²) in [6, 6.07) is 12.1. The molecule has 1 amide bonds. The van der Waals surface area contributed by atoms with Gasteiger partial charge in [0.2, 0.25) is 5.91 Å². The van der Waals surface area contributed by atoms with E-state index in [2.05, 4.69) is 5.32 Å². The maximum Gasteiger partial charge on any atom is 0.231 e. The zero-order valence-electron chi connectivity index (χ0n) is 13.0. The van der Waals surface area contributed by atoms with Crippen LogP contribution >= 0.6 is 0 Å². The molecule has 0 aliphatic heterocycles. The van der Waals surface area contributed by atoms with Gasteiger partial charge in [0.15, 0.2) is 0 Å². The molecule has 3 rings (SSSR count). The van der Waals surface area contributed by atoms with E-state index in [-0.39, 0.29) is 23.6 Å². The molecule has 23 heavy (non-hydrogen) atoms. The SMILES string of the molecule is CC(NC(=O)C1(c2ccc(F)cc2)CCC1)c1ccc(F)cc1. The first-order valence-corrected chi connectivity index (χ1v) is 7.84. The zero-order chi connectivity index (χ0) is 16.4. The molecule has 4 heteroatoms. The molecular formula is C19H19F2NO. The largest absolute Gasteiger partial charge is 0.349 e. The second kappa shape index (κ2) is 6.11.